The van der Waals surface area contributed by atoms with Crippen LogP contribution in [0.5, 0.6) is 5.75 Å². The summed E-state index contributed by atoms with van der Waals surface area (Å²) < 4.78 is 21.0. The van der Waals surface area contributed by atoms with Gasteiger partial charge in [0, 0.05) is 20.7 Å². The zero-order valence-electron chi connectivity index (χ0n) is 15.4. The molecule has 0 N–H and O–H groups in total. The number of hydrogen-bond donors (Lipinski definition) is 0. The van der Waals surface area contributed by atoms with E-state index in [-0.39, 0.29) is 23.7 Å². The zero-order chi connectivity index (χ0) is 21.3. The van der Waals surface area contributed by atoms with Gasteiger partial charge in [-0.25, -0.2) is 4.39 Å². The number of hydrogen-bond acceptors (Lipinski definition) is 3. The van der Waals surface area contributed by atoms with Crippen molar-refractivity contribution in [2.45, 2.75) is 12.0 Å². The molecular weight excluding hydrogens is 557 g/mol. The van der Waals surface area contributed by atoms with Gasteiger partial charge in [0.1, 0.15) is 23.5 Å². The van der Waals surface area contributed by atoms with E-state index in [0.29, 0.717) is 16.5 Å². The number of nitrogens with zero attached hydrogens (tertiary/aromatic N) is 1. The molecule has 0 radical (unpaired) electrons. The van der Waals surface area contributed by atoms with Crippen molar-refractivity contribution in [2.75, 3.05) is 10.7 Å². The molecule has 1 amide bonds. The lowest BCUT2D eigenvalue weighted by atomic mass is 10.1. The van der Waals surface area contributed by atoms with Crippen LogP contribution in [-0.4, -0.2) is 11.7 Å². The molecule has 0 aromatic heterocycles. The highest BCUT2D eigenvalue weighted by molar-refractivity contribution is 9.11. The molecule has 30 heavy (non-hydrogen) atoms. The second kappa shape index (κ2) is 9.30. The molecule has 1 saturated heterocycles. The third-order valence-electron chi connectivity index (χ3n) is 4.57. The van der Waals surface area contributed by atoms with E-state index in [2.05, 4.69) is 31.9 Å². The Morgan fingerprint density at radius 1 is 1.10 bits per heavy atom. The number of carbonyl (C=O) groups excluding carboxylic acids is 1. The van der Waals surface area contributed by atoms with Gasteiger partial charge < -0.3 is 4.74 Å². The van der Waals surface area contributed by atoms with Gasteiger partial charge in [0.15, 0.2) is 0 Å². The Morgan fingerprint density at radius 2 is 1.80 bits per heavy atom. The van der Waals surface area contributed by atoms with Crippen LogP contribution in [0.4, 0.5) is 10.1 Å². The maximum atomic E-state index is 13.2. The van der Waals surface area contributed by atoms with Crippen LogP contribution < -0.4 is 9.64 Å². The zero-order valence-corrected chi connectivity index (χ0v) is 20.2. The van der Waals surface area contributed by atoms with E-state index in [0.717, 1.165) is 25.8 Å². The van der Waals surface area contributed by atoms with Crippen molar-refractivity contribution in [3.63, 3.8) is 0 Å². The largest absolute Gasteiger partial charge is 0.487 e. The SMILES string of the molecule is O=C1CS[C@H](c2cc(Br)cc(Br)c2OCc2ccc(F)cc2)N1c1ccc(Cl)cc1. The van der Waals surface area contributed by atoms with Crippen LogP contribution in [0.3, 0.4) is 0 Å². The number of halogens is 4. The van der Waals surface area contributed by atoms with Crippen molar-refractivity contribution < 1.29 is 13.9 Å². The predicted molar refractivity (Wildman–Crippen MR) is 127 cm³/mol. The molecule has 1 fully saturated rings. The predicted octanol–water partition coefficient (Wildman–Crippen LogP) is 7.36. The minimum atomic E-state index is -0.288. The number of thioether (sulfide) groups is 1. The van der Waals surface area contributed by atoms with Gasteiger partial charge in [0.2, 0.25) is 5.91 Å². The van der Waals surface area contributed by atoms with E-state index < -0.39 is 0 Å². The van der Waals surface area contributed by atoms with Gasteiger partial charge >= 0.3 is 0 Å². The molecule has 1 aliphatic rings. The molecule has 1 aliphatic heterocycles. The molecular formula is C22H15Br2ClFNO2S. The molecule has 0 bridgehead atoms. The number of ether oxygens (including phenoxy) is 1. The smallest absolute Gasteiger partial charge is 0.238 e. The van der Waals surface area contributed by atoms with Crippen molar-refractivity contribution in [2.24, 2.45) is 0 Å². The second-order valence-corrected chi connectivity index (χ2v) is 9.90. The van der Waals surface area contributed by atoms with Gasteiger partial charge in [-0.1, -0.05) is 39.7 Å². The Morgan fingerprint density at radius 3 is 2.50 bits per heavy atom. The number of benzene rings is 3. The van der Waals surface area contributed by atoms with Gasteiger partial charge in [-0.2, -0.15) is 0 Å². The fourth-order valence-corrected chi connectivity index (χ4v) is 5.87. The lowest BCUT2D eigenvalue weighted by Gasteiger charge is -2.26. The first-order valence-electron chi connectivity index (χ1n) is 8.98. The summed E-state index contributed by atoms with van der Waals surface area (Å²) in [5, 5.41) is 0.360. The van der Waals surface area contributed by atoms with Gasteiger partial charge in [0.05, 0.1) is 10.2 Å². The van der Waals surface area contributed by atoms with Crippen LogP contribution in [0.1, 0.15) is 16.5 Å². The van der Waals surface area contributed by atoms with Crippen LogP contribution in [0, 0.1) is 5.82 Å². The Balaban J connectivity index is 1.69. The van der Waals surface area contributed by atoms with Crippen LogP contribution in [0.25, 0.3) is 0 Å². The van der Waals surface area contributed by atoms with Crippen molar-refractivity contribution in [3.8, 4) is 5.75 Å². The maximum Gasteiger partial charge on any atom is 0.238 e. The second-order valence-electron chi connectivity index (χ2n) is 6.62. The standard InChI is InChI=1S/C22H15Br2ClFNO2S/c23-14-9-18(21(19(24)10-14)29-11-13-1-5-16(26)6-2-13)22-27(20(28)12-30-22)17-7-3-15(25)4-8-17/h1-10,22H,11-12H2/t22-/m1/s1. The molecule has 0 saturated carbocycles. The summed E-state index contributed by atoms with van der Waals surface area (Å²) in [4.78, 5) is 14.5. The van der Waals surface area contributed by atoms with E-state index in [1.807, 2.05) is 24.3 Å². The lowest BCUT2D eigenvalue weighted by Crippen LogP contribution is -2.28. The quantitative estimate of drug-likeness (QED) is 0.321. The van der Waals surface area contributed by atoms with Crippen LogP contribution in [0.15, 0.2) is 69.6 Å². The van der Waals surface area contributed by atoms with Gasteiger partial charge in [-0.05, 0) is 70.0 Å². The van der Waals surface area contributed by atoms with E-state index in [1.165, 1.54) is 23.9 Å². The van der Waals surface area contributed by atoms with Crippen LogP contribution >= 0.6 is 55.2 Å². The Hall–Kier alpha value is -1.54. The van der Waals surface area contributed by atoms with Gasteiger partial charge in [-0.3, -0.25) is 9.69 Å². The summed E-state index contributed by atoms with van der Waals surface area (Å²) in [6.07, 6.45) is 0. The monoisotopic (exact) mass is 569 g/mol. The number of amides is 1. The highest BCUT2D eigenvalue weighted by Gasteiger charge is 2.36. The first-order valence-corrected chi connectivity index (χ1v) is 12.0. The van der Waals surface area contributed by atoms with Crippen molar-refractivity contribution in [3.05, 3.63) is 91.6 Å². The summed E-state index contributed by atoms with van der Waals surface area (Å²) >= 11 is 14.7. The molecule has 3 nitrogen and oxygen atoms in total. The van der Waals surface area contributed by atoms with Crippen molar-refractivity contribution in [1.29, 1.82) is 0 Å². The Kier molecular flexibility index (Phi) is 6.72. The third-order valence-corrected chi connectivity index (χ3v) is 7.07. The molecule has 8 heteroatoms. The summed E-state index contributed by atoms with van der Waals surface area (Å²) in [6.45, 7) is 0.278. The van der Waals surface area contributed by atoms with E-state index in [9.17, 15) is 9.18 Å². The topological polar surface area (TPSA) is 29.5 Å². The molecule has 4 rings (SSSR count). The Bertz CT molecular complexity index is 1080. The minimum Gasteiger partial charge on any atom is -0.487 e. The third kappa shape index (κ3) is 4.69. The molecule has 0 spiro atoms. The first kappa shape index (κ1) is 21.7. The van der Waals surface area contributed by atoms with Gasteiger partial charge in [0.25, 0.3) is 0 Å². The maximum absolute atomic E-state index is 13.2. The van der Waals surface area contributed by atoms with Crippen LogP contribution in [-0.2, 0) is 11.4 Å². The van der Waals surface area contributed by atoms with Gasteiger partial charge in [-0.15, -0.1) is 11.8 Å². The molecule has 3 aromatic carbocycles. The van der Waals surface area contributed by atoms with E-state index >= 15 is 0 Å². The molecule has 1 atom stereocenters. The Labute approximate surface area is 199 Å². The van der Waals surface area contributed by atoms with E-state index in [1.54, 1.807) is 29.2 Å². The summed E-state index contributed by atoms with van der Waals surface area (Å²) in [6, 6.07) is 17.3. The first-order chi connectivity index (χ1) is 14.4. The molecule has 1 heterocycles. The highest BCUT2D eigenvalue weighted by atomic mass is 79.9. The van der Waals surface area contributed by atoms with Crippen molar-refractivity contribution >= 4 is 66.8 Å². The number of carbonyl (C=O) groups is 1. The molecule has 0 aliphatic carbocycles. The molecule has 3 aromatic rings. The summed E-state index contributed by atoms with van der Waals surface area (Å²) in [5.74, 6) is 0.750. The fourth-order valence-electron chi connectivity index (χ4n) is 3.19. The number of rotatable bonds is 5. The average molecular weight is 572 g/mol. The van der Waals surface area contributed by atoms with E-state index in [4.69, 9.17) is 16.3 Å². The summed E-state index contributed by atoms with van der Waals surface area (Å²) in [7, 11) is 0. The molecule has 154 valence electrons. The average Bonchev–Trinajstić information content (AvgIpc) is 3.10. The normalized spacial score (nSPS) is 16.2. The highest BCUT2D eigenvalue weighted by Crippen LogP contribution is 2.48. The fraction of sp³-hybridized carbons (Fsp3) is 0.136. The lowest BCUT2D eigenvalue weighted by molar-refractivity contribution is -0.115. The van der Waals surface area contributed by atoms with Crippen molar-refractivity contribution in [1.82, 2.24) is 0 Å². The van der Waals surface area contributed by atoms with Crippen LogP contribution in [0.2, 0.25) is 5.02 Å². The summed E-state index contributed by atoms with van der Waals surface area (Å²) in [5.41, 5.74) is 2.49. The molecule has 0 unspecified atom stereocenters. The minimum absolute atomic E-state index is 0.0212. The number of anilines is 1.